The van der Waals surface area contributed by atoms with Crippen LogP contribution in [0.4, 0.5) is 26.3 Å². The van der Waals surface area contributed by atoms with Crippen molar-refractivity contribution in [2.75, 3.05) is 7.11 Å². The maximum atomic E-state index is 12.3. The fourth-order valence-corrected chi connectivity index (χ4v) is 2.66. The van der Waals surface area contributed by atoms with E-state index in [4.69, 9.17) is 4.74 Å². The van der Waals surface area contributed by atoms with Crippen LogP contribution in [0.5, 0.6) is 0 Å². The fourth-order valence-electron chi connectivity index (χ4n) is 2.66. The van der Waals surface area contributed by atoms with Crippen molar-refractivity contribution < 1.29 is 35.9 Å². The van der Waals surface area contributed by atoms with Crippen LogP contribution < -0.4 is 0 Å². The molecule has 0 heterocycles. The third kappa shape index (κ3) is 12.9. The minimum Gasteiger partial charge on any atom is -0.381 e. The van der Waals surface area contributed by atoms with Gasteiger partial charge in [0.1, 0.15) is 6.29 Å². The van der Waals surface area contributed by atoms with Gasteiger partial charge in [0.05, 0.1) is 17.2 Å². The van der Waals surface area contributed by atoms with E-state index in [-0.39, 0.29) is 18.1 Å². The molecule has 0 saturated heterocycles. The van der Waals surface area contributed by atoms with E-state index >= 15 is 0 Å². The van der Waals surface area contributed by atoms with Crippen LogP contribution in [0.2, 0.25) is 0 Å². The number of unbranched alkanes of at least 4 members (excludes halogenated alkanes) is 1. The van der Waals surface area contributed by atoms with Crippen LogP contribution >= 0.6 is 0 Å². The number of aryl methyl sites for hydroxylation is 1. The Bertz CT molecular complexity index is 552. The Labute approximate surface area is 176 Å². The molecular weight excluding hydrogens is 410 g/mol. The van der Waals surface area contributed by atoms with Gasteiger partial charge in [0.15, 0.2) is 0 Å². The molecule has 0 fully saturated rings. The quantitative estimate of drug-likeness (QED) is 0.334. The van der Waals surface area contributed by atoms with E-state index in [9.17, 15) is 31.1 Å². The summed E-state index contributed by atoms with van der Waals surface area (Å²) in [5.74, 6) is 1.27. The normalized spacial score (nSPS) is 11.7. The van der Waals surface area contributed by atoms with Gasteiger partial charge in [0.2, 0.25) is 0 Å². The second-order valence-electron chi connectivity index (χ2n) is 7.41. The minimum atomic E-state index is -4.76. The summed E-state index contributed by atoms with van der Waals surface area (Å²) in [6.45, 7) is 12.2. The number of methoxy groups -OCH3 is 1. The van der Waals surface area contributed by atoms with Crippen molar-refractivity contribution in [2.45, 2.75) is 79.3 Å². The Balaban J connectivity index is 0. The average molecular weight is 445 g/mol. The second kappa shape index (κ2) is 14.4. The molecular formula is C22H34F6O2. The van der Waals surface area contributed by atoms with Crippen LogP contribution in [0.3, 0.4) is 0 Å². The number of halogens is 6. The predicted molar refractivity (Wildman–Crippen MR) is 107 cm³/mol. The zero-order valence-corrected chi connectivity index (χ0v) is 18.7. The third-order valence-electron chi connectivity index (χ3n) is 4.05. The van der Waals surface area contributed by atoms with Crippen molar-refractivity contribution in [3.63, 3.8) is 0 Å². The first kappa shape index (κ1) is 30.6. The standard InChI is InChI=1S/C10H8F6.C8H18O.C4H8O/c1-2-6-3-7(9(11,12)13)5-8(4-6)10(14,15)16;1-6(2)8(9-5)7(3)4;1-2-3-4-5/h3-5H,2H2,1H3;6-8H,1-5H3;4H,2-3H2,1H3. The lowest BCUT2D eigenvalue weighted by Gasteiger charge is -2.22. The molecule has 0 N–H and O–H groups in total. The molecule has 0 aromatic heterocycles. The third-order valence-corrected chi connectivity index (χ3v) is 4.05. The summed E-state index contributed by atoms with van der Waals surface area (Å²) in [6, 6.07) is 1.59. The van der Waals surface area contributed by atoms with E-state index in [1.165, 1.54) is 6.92 Å². The Morgan fingerprint density at radius 1 is 0.867 bits per heavy atom. The van der Waals surface area contributed by atoms with Crippen molar-refractivity contribution in [2.24, 2.45) is 11.8 Å². The van der Waals surface area contributed by atoms with Gasteiger partial charge in [0, 0.05) is 13.5 Å². The van der Waals surface area contributed by atoms with Gasteiger partial charge in [0.25, 0.3) is 0 Å². The number of rotatable bonds is 6. The summed E-state index contributed by atoms with van der Waals surface area (Å²) in [4.78, 5) is 9.40. The molecule has 0 bridgehead atoms. The summed E-state index contributed by atoms with van der Waals surface area (Å²) in [5, 5.41) is 0. The SMILES string of the molecule is CCCC=O.CCc1cc(C(F)(F)F)cc(C(F)(F)F)c1.COC(C(C)C)C(C)C. The number of carbonyl (C=O) groups is 1. The molecule has 1 rings (SSSR count). The lowest BCUT2D eigenvalue weighted by Crippen LogP contribution is -2.23. The molecule has 0 saturated carbocycles. The first-order valence-electron chi connectivity index (χ1n) is 9.90. The number of aldehydes is 1. The Morgan fingerprint density at radius 3 is 1.40 bits per heavy atom. The lowest BCUT2D eigenvalue weighted by atomic mass is 9.96. The summed E-state index contributed by atoms with van der Waals surface area (Å²) in [5.41, 5.74) is -2.51. The molecule has 2 nitrogen and oxygen atoms in total. The number of hydrogen-bond donors (Lipinski definition) is 0. The Hall–Kier alpha value is -1.57. The van der Waals surface area contributed by atoms with E-state index in [1.54, 1.807) is 7.11 Å². The molecule has 0 aliphatic rings. The van der Waals surface area contributed by atoms with Gasteiger partial charge in [-0.25, -0.2) is 0 Å². The highest BCUT2D eigenvalue weighted by atomic mass is 19.4. The summed E-state index contributed by atoms with van der Waals surface area (Å²) < 4.78 is 79.1. The summed E-state index contributed by atoms with van der Waals surface area (Å²) >= 11 is 0. The highest BCUT2D eigenvalue weighted by molar-refractivity contribution is 5.48. The van der Waals surface area contributed by atoms with Crippen molar-refractivity contribution in [1.29, 1.82) is 0 Å². The number of benzene rings is 1. The van der Waals surface area contributed by atoms with Crippen LogP contribution in [-0.2, 0) is 28.3 Å². The first-order chi connectivity index (χ1) is 13.6. The van der Waals surface area contributed by atoms with Crippen LogP contribution in [0, 0.1) is 11.8 Å². The van der Waals surface area contributed by atoms with Crippen molar-refractivity contribution in [1.82, 2.24) is 0 Å². The molecule has 0 atom stereocenters. The van der Waals surface area contributed by atoms with Crippen LogP contribution in [-0.4, -0.2) is 19.5 Å². The molecule has 1 aromatic rings. The molecule has 0 spiro atoms. The highest BCUT2D eigenvalue weighted by Crippen LogP contribution is 2.36. The fraction of sp³-hybridized carbons (Fsp3) is 0.682. The lowest BCUT2D eigenvalue weighted by molar-refractivity contribution is -0.143. The zero-order chi connectivity index (χ0) is 24.1. The predicted octanol–water partition coefficient (Wildman–Crippen LogP) is 7.59. The van der Waals surface area contributed by atoms with Gasteiger partial charge in [-0.15, -0.1) is 0 Å². The van der Waals surface area contributed by atoms with Gasteiger partial charge in [-0.1, -0.05) is 41.5 Å². The van der Waals surface area contributed by atoms with Crippen LogP contribution in [0.1, 0.15) is 71.1 Å². The average Bonchev–Trinajstić information content (AvgIpc) is 2.61. The van der Waals surface area contributed by atoms with Crippen LogP contribution in [0.15, 0.2) is 18.2 Å². The van der Waals surface area contributed by atoms with Crippen molar-refractivity contribution in [3.8, 4) is 0 Å². The Kier molecular flexibility index (Phi) is 14.7. The second-order valence-corrected chi connectivity index (χ2v) is 7.41. The molecule has 30 heavy (non-hydrogen) atoms. The smallest absolute Gasteiger partial charge is 0.381 e. The number of ether oxygens (including phenoxy) is 1. The van der Waals surface area contributed by atoms with E-state index in [0.29, 0.717) is 24.4 Å². The molecule has 0 unspecified atom stereocenters. The number of carbonyl (C=O) groups excluding carboxylic acids is 1. The van der Waals surface area contributed by atoms with Crippen molar-refractivity contribution in [3.05, 3.63) is 34.9 Å². The van der Waals surface area contributed by atoms with E-state index in [0.717, 1.165) is 24.8 Å². The summed E-state index contributed by atoms with van der Waals surface area (Å²) in [7, 11) is 1.78. The minimum absolute atomic E-state index is 0.0159. The molecule has 0 radical (unpaired) electrons. The largest absolute Gasteiger partial charge is 0.416 e. The Morgan fingerprint density at radius 2 is 1.27 bits per heavy atom. The van der Waals surface area contributed by atoms with Gasteiger partial charge < -0.3 is 9.53 Å². The maximum Gasteiger partial charge on any atom is 0.416 e. The van der Waals surface area contributed by atoms with E-state index in [2.05, 4.69) is 27.7 Å². The van der Waals surface area contributed by atoms with Gasteiger partial charge in [-0.2, -0.15) is 26.3 Å². The van der Waals surface area contributed by atoms with E-state index < -0.39 is 23.5 Å². The maximum absolute atomic E-state index is 12.3. The van der Waals surface area contributed by atoms with Gasteiger partial charge >= 0.3 is 12.4 Å². The topological polar surface area (TPSA) is 26.3 Å². The molecule has 0 aliphatic heterocycles. The van der Waals surface area contributed by atoms with Crippen molar-refractivity contribution >= 4 is 6.29 Å². The molecule has 0 amide bonds. The number of alkyl halides is 6. The molecule has 1 aromatic carbocycles. The highest BCUT2D eigenvalue weighted by Gasteiger charge is 2.36. The first-order valence-corrected chi connectivity index (χ1v) is 9.90. The zero-order valence-electron chi connectivity index (χ0n) is 18.7. The monoisotopic (exact) mass is 444 g/mol. The summed E-state index contributed by atoms with van der Waals surface area (Å²) in [6.07, 6.45) is -6.36. The molecule has 0 aliphatic carbocycles. The number of hydrogen-bond acceptors (Lipinski definition) is 2. The van der Waals surface area contributed by atoms with Gasteiger partial charge in [-0.05, 0) is 48.4 Å². The molecule has 176 valence electrons. The van der Waals surface area contributed by atoms with Gasteiger partial charge in [-0.3, -0.25) is 0 Å². The van der Waals surface area contributed by atoms with E-state index in [1.807, 2.05) is 6.92 Å². The van der Waals surface area contributed by atoms with Crippen LogP contribution in [0.25, 0.3) is 0 Å². The molecule has 8 heteroatoms.